The van der Waals surface area contributed by atoms with Crippen LogP contribution in [0.25, 0.3) is 10.8 Å². The molecule has 0 spiro atoms. The summed E-state index contributed by atoms with van der Waals surface area (Å²) in [6.07, 6.45) is 1.29. The van der Waals surface area contributed by atoms with Crippen LogP contribution in [0.15, 0.2) is 36.4 Å². The highest BCUT2D eigenvalue weighted by Gasteiger charge is 2.51. The summed E-state index contributed by atoms with van der Waals surface area (Å²) in [5.41, 5.74) is 1.81. The first-order valence-electron chi connectivity index (χ1n) is 6.92. The van der Waals surface area contributed by atoms with Gasteiger partial charge >= 0.3 is 0 Å². The van der Waals surface area contributed by atoms with Crippen molar-refractivity contribution in [2.24, 2.45) is 5.92 Å². The highest BCUT2D eigenvalue weighted by atomic mass is 16.5. The number of hydrogen-bond donors (Lipinski definition) is 1. The van der Waals surface area contributed by atoms with Gasteiger partial charge in [0.2, 0.25) is 0 Å². The Morgan fingerprint density at radius 1 is 1.21 bits per heavy atom. The van der Waals surface area contributed by atoms with Gasteiger partial charge in [0, 0.05) is 12.0 Å². The van der Waals surface area contributed by atoms with Gasteiger partial charge in [-0.25, -0.2) is 0 Å². The summed E-state index contributed by atoms with van der Waals surface area (Å²) in [4.78, 5) is 0. The Labute approximate surface area is 114 Å². The fraction of sp³-hybridized carbons (Fsp3) is 0.412. The molecule has 1 N–H and O–H groups in total. The molecule has 0 heterocycles. The number of ether oxygens (including phenoxy) is 1. The van der Waals surface area contributed by atoms with Crippen molar-refractivity contribution in [3.63, 3.8) is 0 Å². The molecule has 1 aliphatic carbocycles. The van der Waals surface area contributed by atoms with E-state index in [1.807, 2.05) is 13.1 Å². The second-order valence-electron chi connectivity index (χ2n) is 5.72. The molecule has 1 aliphatic rings. The van der Waals surface area contributed by atoms with Gasteiger partial charge in [-0.05, 0) is 47.9 Å². The van der Waals surface area contributed by atoms with E-state index in [0.29, 0.717) is 5.41 Å². The van der Waals surface area contributed by atoms with E-state index in [1.54, 1.807) is 7.11 Å². The number of hydrogen-bond acceptors (Lipinski definition) is 2. The van der Waals surface area contributed by atoms with E-state index >= 15 is 0 Å². The zero-order valence-corrected chi connectivity index (χ0v) is 11.9. The third kappa shape index (κ3) is 2.00. The Morgan fingerprint density at radius 2 is 1.89 bits per heavy atom. The van der Waals surface area contributed by atoms with E-state index < -0.39 is 0 Å². The van der Waals surface area contributed by atoms with Crippen LogP contribution >= 0.6 is 0 Å². The summed E-state index contributed by atoms with van der Waals surface area (Å²) in [7, 11) is 3.75. The number of benzene rings is 2. The van der Waals surface area contributed by atoms with Crippen LogP contribution in [0.3, 0.4) is 0 Å². The SMILES string of the molecule is CNCC1(c2ccc3cc(OC)ccc3c2)CC1C. The van der Waals surface area contributed by atoms with Gasteiger partial charge in [0.05, 0.1) is 7.11 Å². The van der Waals surface area contributed by atoms with Crippen LogP contribution in [0, 0.1) is 5.92 Å². The number of likely N-dealkylation sites (N-methyl/N-ethyl adjacent to an activating group) is 1. The molecule has 1 saturated carbocycles. The Balaban J connectivity index is 2.02. The van der Waals surface area contributed by atoms with Crippen molar-refractivity contribution >= 4 is 10.8 Å². The third-order valence-corrected chi connectivity index (χ3v) is 4.57. The third-order valence-electron chi connectivity index (χ3n) is 4.57. The minimum Gasteiger partial charge on any atom is -0.497 e. The lowest BCUT2D eigenvalue weighted by molar-refractivity contribution is 0.415. The van der Waals surface area contributed by atoms with Gasteiger partial charge in [-0.1, -0.05) is 31.2 Å². The molecule has 0 radical (unpaired) electrons. The van der Waals surface area contributed by atoms with Gasteiger partial charge in [-0.2, -0.15) is 0 Å². The lowest BCUT2D eigenvalue weighted by Gasteiger charge is -2.17. The molecular formula is C17H21NO. The summed E-state index contributed by atoms with van der Waals surface area (Å²) in [5.74, 6) is 1.70. The monoisotopic (exact) mass is 255 g/mol. The van der Waals surface area contributed by atoms with Crippen LogP contribution in [0.2, 0.25) is 0 Å². The standard InChI is InChI=1S/C17H21NO/c1-12-10-17(12,11-18-2)15-6-4-14-9-16(19-3)7-5-13(14)8-15/h4-9,12,18H,10-11H2,1-3H3. The van der Waals surface area contributed by atoms with E-state index in [0.717, 1.165) is 18.2 Å². The molecule has 2 nitrogen and oxygen atoms in total. The van der Waals surface area contributed by atoms with E-state index in [4.69, 9.17) is 4.74 Å². The van der Waals surface area contributed by atoms with Gasteiger partial charge in [0.25, 0.3) is 0 Å². The molecule has 19 heavy (non-hydrogen) atoms. The largest absolute Gasteiger partial charge is 0.497 e. The van der Waals surface area contributed by atoms with Crippen LogP contribution in [0.1, 0.15) is 18.9 Å². The van der Waals surface area contributed by atoms with Crippen molar-refractivity contribution in [2.45, 2.75) is 18.8 Å². The minimum absolute atomic E-state index is 0.350. The summed E-state index contributed by atoms with van der Waals surface area (Å²) in [6.45, 7) is 3.41. The minimum atomic E-state index is 0.350. The van der Waals surface area contributed by atoms with Crippen molar-refractivity contribution in [1.29, 1.82) is 0 Å². The normalized spacial score (nSPS) is 25.5. The summed E-state index contributed by atoms with van der Waals surface area (Å²) in [6, 6.07) is 13.1. The maximum Gasteiger partial charge on any atom is 0.119 e. The molecule has 2 heteroatoms. The van der Waals surface area contributed by atoms with E-state index in [-0.39, 0.29) is 0 Å². The van der Waals surface area contributed by atoms with Gasteiger partial charge in [-0.15, -0.1) is 0 Å². The molecule has 100 valence electrons. The first-order valence-corrected chi connectivity index (χ1v) is 6.92. The number of methoxy groups -OCH3 is 1. The van der Waals surface area contributed by atoms with Crippen molar-refractivity contribution in [1.82, 2.24) is 5.32 Å². The molecule has 0 aromatic heterocycles. The lowest BCUT2D eigenvalue weighted by atomic mass is 9.91. The summed E-state index contributed by atoms with van der Waals surface area (Å²) >= 11 is 0. The summed E-state index contributed by atoms with van der Waals surface area (Å²) in [5, 5.41) is 5.89. The Bertz CT molecular complexity index is 607. The van der Waals surface area contributed by atoms with Gasteiger partial charge in [0.1, 0.15) is 5.75 Å². The van der Waals surface area contributed by atoms with Crippen LogP contribution in [-0.4, -0.2) is 20.7 Å². The fourth-order valence-corrected chi connectivity index (χ4v) is 3.21. The molecule has 2 aromatic rings. The Morgan fingerprint density at radius 3 is 2.53 bits per heavy atom. The molecular weight excluding hydrogens is 234 g/mol. The predicted octanol–water partition coefficient (Wildman–Crippen LogP) is 3.35. The smallest absolute Gasteiger partial charge is 0.119 e. The van der Waals surface area contributed by atoms with Crippen molar-refractivity contribution < 1.29 is 4.74 Å². The molecule has 1 fully saturated rings. The number of fused-ring (bicyclic) bond motifs is 1. The second-order valence-corrected chi connectivity index (χ2v) is 5.72. The Hall–Kier alpha value is -1.54. The van der Waals surface area contributed by atoms with Crippen molar-refractivity contribution in [3.8, 4) is 5.75 Å². The van der Waals surface area contributed by atoms with Crippen LogP contribution in [-0.2, 0) is 5.41 Å². The molecule has 0 aliphatic heterocycles. The number of rotatable bonds is 4. The Kier molecular flexibility index (Phi) is 2.98. The average molecular weight is 255 g/mol. The van der Waals surface area contributed by atoms with E-state index in [1.165, 1.54) is 22.8 Å². The average Bonchev–Trinajstić information content (AvgIpc) is 3.09. The van der Waals surface area contributed by atoms with Gasteiger partial charge in [0.15, 0.2) is 0 Å². The topological polar surface area (TPSA) is 21.3 Å². The quantitative estimate of drug-likeness (QED) is 0.904. The highest BCUT2D eigenvalue weighted by molar-refractivity contribution is 5.85. The zero-order chi connectivity index (χ0) is 13.5. The highest BCUT2D eigenvalue weighted by Crippen LogP contribution is 2.53. The van der Waals surface area contributed by atoms with Crippen LogP contribution in [0.4, 0.5) is 0 Å². The lowest BCUT2D eigenvalue weighted by Crippen LogP contribution is -2.25. The van der Waals surface area contributed by atoms with Gasteiger partial charge in [-0.3, -0.25) is 0 Å². The summed E-state index contributed by atoms with van der Waals surface area (Å²) < 4.78 is 5.28. The van der Waals surface area contributed by atoms with Crippen molar-refractivity contribution in [2.75, 3.05) is 20.7 Å². The van der Waals surface area contributed by atoms with Crippen molar-refractivity contribution in [3.05, 3.63) is 42.0 Å². The van der Waals surface area contributed by atoms with E-state index in [9.17, 15) is 0 Å². The molecule has 0 amide bonds. The molecule has 2 atom stereocenters. The molecule has 0 bridgehead atoms. The van der Waals surface area contributed by atoms with Crippen LogP contribution in [0.5, 0.6) is 5.75 Å². The maximum absolute atomic E-state index is 5.28. The number of nitrogens with one attached hydrogen (secondary N) is 1. The molecule has 0 saturated heterocycles. The van der Waals surface area contributed by atoms with E-state index in [2.05, 4.69) is 42.6 Å². The van der Waals surface area contributed by atoms with Gasteiger partial charge < -0.3 is 10.1 Å². The zero-order valence-electron chi connectivity index (χ0n) is 11.9. The first-order chi connectivity index (χ1) is 9.19. The molecule has 2 unspecified atom stereocenters. The predicted molar refractivity (Wildman–Crippen MR) is 79.9 cm³/mol. The second kappa shape index (κ2) is 4.53. The molecule has 3 rings (SSSR count). The fourth-order valence-electron chi connectivity index (χ4n) is 3.21. The van der Waals surface area contributed by atoms with Crippen LogP contribution < -0.4 is 10.1 Å². The molecule has 2 aromatic carbocycles. The maximum atomic E-state index is 5.28. The first kappa shape index (κ1) is 12.5.